The van der Waals surface area contributed by atoms with E-state index in [4.69, 9.17) is 9.47 Å². The largest absolute Gasteiger partial charge is 0.491 e. The molecule has 0 saturated heterocycles. The molecule has 3 rings (SSSR count). The molecule has 0 unspecified atom stereocenters. The van der Waals surface area contributed by atoms with E-state index in [2.05, 4.69) is 22.4 Å². The molecule has 0 saturated carbocycles. The lowest BCUT2D eigenvalue weighted by Gasteiger charge is -2.11. The van der Waals surface area contributed by atoms with E-state index < -0.39 is 0 Å². The van der Waals surface area contributed by atoms with Crippen molar-refractivity contribution >= 4 is 36.0 Å². The minimum absolute atomic E-state index is 0.596. The van der Waals surface area contributed by atoms with Crippen LogP contribution in [0.4, 0.5) is 11.4 Å². The van der Waals surface area contributed by atoms with Gasteiger partial charge in [-0.25, -0.2) is 9.98 Å². The molecule has 78 valence electrons. The predicted octanol–water partition coefficient (Wildman–Crippen LogP) is 0.451. The molecular formula is C12H8N2O2. The molecular weight excluding hydrogens is 204 g/mol. The Morgan fingerprint density at radius 1 is 0.875 bits per heavy atom. The first-order chi connectivity index (χ1) is 7.86. The van der Waals surface area contributed by atoms with Crippen molar-refractivity contribution in [3.05, 3.63) is 10.4 Å². The molecule has 2 aliphatic heterocycles. The minimum Gasteiger partial charge on any atom is -0.491 e. The molecule has 0 aliphatic carbocycles. The molecule has 0 atom stereocenters. The number of aliphatic imine (C=N–C) groups is 2. The first-order valence-electron chi connectivity index (χ1n) is 4.77. The lowest BCUT2D eigenvalue weighted by atomic mass is 10.1. The maximum absolute atomic E-state index is 5.32. The van der Waals surface area contributed by atoms with Gasteiger partial charge in [0.1, 0.15) is 11.4 Å². The molecule has 0 N–H and O–H groups in total. The van der Waals surface area contributed by atoms with E-state index in [-0.39, 0.29) is 0 Å². The summed E-state index contributed by atoms with van der Waals surface area (Å²) < 4.78 is 10.6. The third-order valence-electron chi connectivity index (χ3n) is 2.62. The highest BCUT2D eigenvalue weighted by atomic mass is 16.5. The molecule has 2 heterocycles. The highest BCUT2D eigenvalue weighted by Crippen LogP contribution is 2.40. The van der Waals surface area contributed by atoms with Gasteiger partial charge < -0.3 is 9.47 Å². The van der Waals surface area contributed by atoms with Gasteiger partial charge in [0.2, 0.25) is 0 Å². The smallest absolute Gasteiger partial charge is 0.189 e. The third kappa shape index (κ3) is 0.984. The van der Waals surface area contributed by atoms with Crippen molar-refractivity contribution < 1.29 is 9.47 Å². The summed E-state index contributed by atoms with van der Waals surface area (Å²) in [4.78, 5) is 8.31. The SMILES string of the molecule is COc1c(OC)c2c(c3c1N=[C]C=3)=C[C]=N2. The molecule has 0 bridgehead atoms. The predicted molar refractivity (Wildman–Crippen MR) is 61.9 cm³/mol. The van der Waals surface area contributed by atoms with Gasteiger partial charge in [-0.2, -0.15) is 0 Å². The van der Waals surface area contributed by atoms with Crippen LogP contribution in [0.25, 0.3) is 12.2 Å². The topological polar surface area (TPSA) is 43.2 Å². The van der Waals surface area contributed by atoms with Crippen molar-refractivity contribution in [1.82, 2.24) is 0 Å². The molecule has 4 heteroatoms. The van der Waals surface area contributed by atoms with Crippen LogP contribution in [0, 0.1) is 0 Å². The first kappa shape index (κ1) is 9.15. The molecule has 0 spiro atoms. The number of hydrogen-bond acceptors (Lipinski definition) is 4. The van der Waals surface area contributed by atoms with E-state index in [1.807, 2.05) is 12.2 Å². The van der Waals surface area contributed by atoms with E-state index in [1.165, 1.54) is 0 Å². The van der Waals surface area contributed by atoms with Gasteiger partial charge in [-0.15, -0.1) is 0 Å². The van der Waals surface area contributed by atoms with Crippen LogP contribution in [0.2, 0.25) is 0 Å². The normalized spacial score (nSPS) is 14.1. The van der Waals surface area contributed by atoms with Crippen molar-refractivity contribution in [2.24, 2.45) is 9.98 Å². The monoisotopic (exact) mass is 212 g/mol. The van der Waals surface area contributed by atoms with Gasteiger partial charge in [-0.1, -0.05) is 0 Å². The average molecular weight is 212 g/mol. The van der Waals surface area contributed by atoms with Crippen LogP contribution in [0.5, 0.6) is 11.5 Å². The lowest BCUT2D eigenvalue weighted by molar-refractivity contribution is 0.356. The zero-order valence-electron chi connectivity index (χ0n) is 8.87. The second-order valence-corrected chi connectivity index (χ2v) is 3.36. The van der Waals surface area contributed by atoms with Gasteiger partial charge >= 0.3 is 0 Å². The summed E-state index contributed by atoms with van der Waals surface area (Å²) in [5.74, 6) is 1.19. The molecule has 1 aromatic carbocycles. The zero-order valence-corrected chi connectivity index (χ0v) is 8.87. The summed E-state index contributed by atoms with van der Waals surface area (Å²) in [5.41, 5.74) is 1.49. The van der Waals surface area contributed by atoms with E-state index in [0.29, 0.717) is 11.5 Å². The Kier molecular flexibility index (Phi) is 1.83. The van der Waals surface area contributed by atoms with E-state index in [1.54, 1.807) is 14.2 Å². The average Bonchev–Trinajstić information content (AvgIpc) is 2.93. The summed E-state index contributed by atoms with van der Waals surface area (Å²) in [6.45, 7) is 0. The van der Waals surface area contributed by atoms with Crippen LogP contribution in [-0.4, -0.2) is 26.6 Å². The number of ether oxygens (including phenoxy) is 2. The fourth-order valence-electron chi connectivity index (χ4n) is 1.93. The minimum atomic E-state index is 0.596. The van der Waals surface area contributed by atoms with Gasteiger partial charge in [-0.3, -0.25) is 0 Å². The van der Waals surface area contributed by atoms with Gasteiger partial charge in [-0.05, 0) is 12.2 Å². The number of methoxy groups -OCH3 is 2. The van der Waals surface area contributed by atoms with Crippen LogP contribution in [0.1, 0.15) is 0 Å². The summed E-state index contributed by atoms with van der Waals surface area (Å²) in [6, 6.07) is 0. The van der Waals surface area contributed by atoms with E-state index in [9.17, 15) is 0 Å². The Labute approximate surface area is 92.2 Å². The second-order valence-electron chi connectivity index (χ2n) is 3.36. The highest BCUT2D eigenvalue weighted by Gasteiger charge is 2.21. The second kappa shape index (κ2) is 3.20. The van der Waals surface area contributed by atoms with Gasteiger partial charge in [0, 0.05) is 10.4 Å². The van der Waals surface area contributed by atoms with E-state index in [0.717, 1.165) is 21.8 Å². The molecule has 2 radical (unpaired) electrons. The standard InChI is InChI=1S/C12H8N2O2/c1-15-11-9-7(3-5-13-9)8-4-6-14-10(8)12(11)16-2/h3-4H,1-2H3. The Hall–Kier alpha value is -2.10. The van der Waals surface area contributed by atoms with Gasteiger partial charge in [0.25, 0.3) is 0 Å². The molecule has 16 heavy (non-hydrogen) atoms. The molecule has 1 aromatic rings. The summed E-state index contributed by atoms with van der Waals surface area (Å²) in [6.07, 6.45) is 9.27. The Morgan fingerprint density at radius 2 is 1.31 bits per heavy atom. The van der Waals surface area contributed by atoms with Crippen molar-refractivity contribution in [2.75, 3.05) is 14.2 Å². The van der Waals surface area contributed by atoms with E-state index >= 15 is 0 Å². The maximum atomic E-state index is 5.32. The maximum Gasteiger partial charge on any atom is 0.189 e. The number of fused-ring (bicyclic) bond motifs is 3. The fourth-order valence-corrected chi connectivity index (χ4v) is 1.93. The summed E-state index contributed by atoms with van der Waals surface area (Å²) in [7, 11) is 3.18. The van der Waals surface area contributed by atoms with Crippen LogP contribution >= 0.6 is 0 Å². The van der Waals surface area contributed by atoms with Crippen molar-refractivity contribution in [3.8, 4) is 11.5 Å². The first-order valence-corrected chi connectivity index (χ1v) is 4.77. The number of rotatable bonds is 2. The fraction of sp³-hybridized carbons (Fsp3) is 0.167. The molecule has 4 nitrogen and oxygen atoms in total. The highest BCUT2D eigenvalue weighted by molar-refractivity contribution is 6.03. The van der Waals surface area contributed by atoms with Crippen LogP contribution in [0.15, 0.2) is 9.98 Å². The van der Waals surface area contributed by atoms with Crippen molar-refractivity contribution in [1.29, 1.82) is 0 Å². The molecule has 0 aromatic heterocycles. The van der Waals surface area contributed by atoms with Crippen molar-refractivity contribution in [3.63, 3.8) is 0 Å². The van der Waals surface area contributed by atoms with Crippen LogP contribution in [0.3, 0.4) is 0 Å². The van der Waals surface area contributed by atoms with Crippen LogP contribution in [-0.2, 0) is 0 Å². The van der Waals surface area contributed by atoms with Crippen molar-refractivity contribution in [2.45, 2.75) is 0 Å². The van der Waals surface area contributed by atoms with Crippen LogP contribution < -0.4 is 19.9 Å². The Bertz CT molecular complexity index is 585. The number of benzene rings is 1. The summed E-state index contributed by atoms with van der Waals surface area (Å²) in [5, 5.41) is 1.92. The Morgan fingerprint density at radius 3 is 1.69 bits per heavy atom. The summed E-state index contributed by atoms with van der Waals surface area (Å²) >= 11 is 0. The molecule has 0 amide bonds. The van der Waals surface area contributed by atoms with Gasteiger partial charge in [0.05, 0.1) is 26.6 Å². The molecule has 0 fully saturated rings. The quantitative estimate of drug-likeness (QED) is 0.714. The number of nitrogens with zero attached hydrogens (tertiary/aromatic N) is 2. The number of hydrogen-bond donors (Lipinski definition) is 0. The van der Waals surface area contributed by atoms with Gasteiger partial charge in [0.15, 0.2) is 11.5 Å². The zero-order chi connectivity index (χ0) is 11.1. The molecule has 2 aliphatic rings. The lowest BCUT2D eigenvalue weighted by Crippen LogP contribution is -2.23. The third-order valence-corrected chi connectivity index (χ3v) is 2.62. The Balaban J connectivity index is 2.51.